The van der Waals surface area contributed by atoms with Crippen molar-refractivity contribution in [2.75, 3.05) is 52.3 Å². The lowest BCUT2D eigenvalue weighted by Gasteiger charge is -2.19. The van der Waals surface area contributed by atoms with Crippen molar-refractivity contribution in [1.29, 1.82) is 0 Å². The Bertz CT molecular complexity index is 970. The third kappa shape index (κ3) is 4.68. The molecule has 1 saturated heterocycles. The Hall–Kier alpha value is -3.01. The molecule has 10 heteroatoms. The summed E-state index contributed by atoms with van der Waals surface area (Å²) in [5.41, 5.74) is 3.33. The smallest absolute Gasteiger partial charge is 0.257 e. The van der Waals surface area contributed by atoms with E-state index >= 15 is 0 Å². The molecule has 1 unspecified atom stereocenters. The molecule has 1 aliphatic rings. The van der Waals surface area contributed by atoms with Crippen LogP contribution in [0, 0.1) is 13.8 Å². The molecular weight excluding hydrogens is 398 g/mol. The van der Waals surface area contributed by atoms with Crippen LogP contribution in [0.2, 0.25) is 0 Å². The van der Waals surface area contributed by atoms with Crippen LogP contribution in [-0.4, -0.2) is 83.9 Å². The minimum Gasteiger partial charge on any atom is -0.383 e. The number of anilines is 1. The van der Waals surface area contributed by atoms with Crippen LogP contribution in [-0.2, 0) is 11.8 Å². The second-order valence-electron chi connectivity index (χ2n) is 8.02. The Morgan fingerprint density at radius 3 is 2.68 bits per heavy atom. The van der Waals surface area contributed by atoms with E-state index in [9.17, 15) is 9.59 Å². The zero-order chi connectivity index (χ0) is 22.7. The SMILES string of the molecule is COCCNC(=O)c1cnc(N(C)C)nc1C1CCN(C(=O)c2c(C)nn(C)c2C)C1. The normalized spacial score (nSPS) is 15.9. The van der Waals surface area contributed by atoms with E-state index in [-0.39, 0.29) is 17.7 Å². The molecule has 0 aromatic carbocycles. The van der Waals surface area contributed by atoms with Crippen molar-refractivity contribution >= 4 is 17.8 Å². The molecule has 168 valence electrons. The number of likely N-dealkylation sites (tertiary alicyclic amines) is 1. The number of aromatic nitrogens is 4. The van der Waals surface area contributed by atoms with Gasteiger partial charge in [0.05, 0.1) is 29.1 Å². The number of nitrogens with one attached hydrogen (secondary N) is 1. The van der Waals surface area contributed by atoms with Crippen LogP contribution in [0.1, 0.15) is 50.1 Å². The number of carbonyl (C=O) groups is 2. The number of methoxy groups -OCH3 is 1. The van der Waals surface area contributed by atoms with Crippen molar-refractivity contribution in [1.82, 2.24) is 30.0 Å². The maximum atomic E-state index is 13.2. The van der Waals surface area contributed by atoms with Gasteiger partial charge in [-0.25, -0.2) is 9.97 Å². The van der Waals surface area contributed by atoms with Gasteiger partial charge < -0.3 is 19.9 Å². The molecule has 0 aliphatic carbocycles. The number of amides is 2. The molecule has 0 saturated carbocycles. The van der Waals surface area contributed by atoms with Gasteiger partial charge in [0.1, 0.15) is 0 Å². The Kier molecular flexibility index (Phi) is 6.89. The third-order valence-corrected chi connectivity index (χ3v) is 5.63. The summed E-state index contributed by atoms with van der Waals surface area (Å²) >= 11 is 0. The van der Waals surface area contributed by atoms with Gasteiger partial charge in [-0.15, -0.1) is 0 Å². The second kappa shape index (κ2) is 9.42. The number of hydrogen-bond donors (Lipinski definition) is 1. The van der Waals surface area contributed by atoms with Crippen LogP contribution in [0.3, 0.4) is 0 Å². The quantitative estimate of drug-likeness (QED) is 0.652. The van der Waals surface area contributed by atoms with Gasteiger partial charge in [-0.2, -0.15) is 5.10 Å². The van der Waals surface area contributed by atoms with Gasteiger partial charge in [-0.3, -0.25) is 14.3 Å². The van der Waals surface area contributed by atoms with Gasteiger partial charge in [-0.05, 0) is 20.3 Å². The summed E-state index contributed by atoms with van der Waals surface area (Å²) in [6.07, 6.45) is 2.30. The lowest BCUT2D eigenvalue weighted by molar-refractivity contribution is 0.0789. The fourth-order valence-electron chi connectivity index (χ4n) is 3.86. The van der Waals surface area contributed by atoms with Gasteiger partial charge >= 0.3 is 0 Å². The largest absolute Gasteiger partial charge is 0.383 e. The molecule has 2 amide bonds. The number of rotatable bonds is 7. The van der Waals surface area contributed by atoms with E-state index in [0.29, 0.717) is 49.0 Å². The molecule has 0 spiro atoms. The minimum atomic E-state index is -0.235. The zero-order valence-corrected chi connectivity index (χ0v) is 19.1. The molecule has 0 radical (unpaired) electrons. The topological polar surface area (TPSA) is 105 Å². The van der Waals surface area contributed by atoms with E-state index in [1.165, 1.54) is 0 Å². The molecule has 3 rings (SSSR count). The summed E-state index contributed by atoms with van der Waals surface area (Å²) < 4.78 is 6.74. The number of ether oxygens (including phenoxy) is 1. The number of aryl methyl sites for hydroxylation is 2. The lowest BCUT2D eigenvalue weighted by atomic mass is 9.99. The van der Waals surface area contributed by atoms with Gasteiger partial charge in [0.15, 0.2) is 0 Å². The molecule has 1 fully saturated rings. The predicted octanol–water partition coefficient (Wildman–Crippen LogP) is 0.899. The third-order valence-electron chi connectivity index (χ3n) is 5.63. The highest BCUT2D eigenvalue weighted by Gasteiger charge is 2.33. The average Bonchev–Trinajstić information content (AvgIpc) is 3.32. The molecule has 31 heavy (non-hydrogen) atoms. The van der Waals surface area contributed by atoms with Crippen LogP contribution in [0.5, 0.6) is 0 Å². The summed E-state index contributed by atoms with van der Waals surface area (Å²) in [6, 6.07) is 0. The van der Waals surface area contributed by atoms with Crippen LogP contribution in [0.15, 0.2) is 6.20 Å². The highest BCUT2D eigenvalue weighted by molar-refractivity contribution is 5.97. The number of nitrogens with zero attached hydrogens (tertiary/aromatic N) is 6. The first-order valence-electron chi connectivity index (χ1n) is 10.4. The van der Waals surface area contributed by atoms with Crippen LogP contribution >= 0.6 is 0 Å². The van der Waals surface area contributed by atoms with Gasteiger partial charge in [-0.1, -0.05) is 0 Å². The number of carbonyl (C=O) groups excluding carboxylic acids is 2. The highest BCUT2D eigenvalue weighted by Crippen LogP contribution is 2.30. The molecule has 1 atom stereocenters. The zero-order valence-electron chi connectivity index (χ0n) is 19.1. The fourth-order valence-corrected chi connectivity index (χ4v) is 3.86. The van der Waals surface area contributed by atoms with Gasteiger partial charge in [0, 0.05) is 65.7 Å². The number of hydrogen-bond acceptors (Lipinski definition) is 7. The maximum Gasteiger partial charge on any atom is 0.257 e. The van der Waals surface area contributed by atoms with E-state index in [2.05, 4.69) is 20.4 Å². The predicted molar refractivity (Wildman–Crippen MR) is 117 cm³/mol. The molecule has 10 nitrogen and oxygen atoms in total. The van der Waals surface area contributed by atoms with Crippen molar-refractivity contribution in [2.24, 2.45) is 7.05 Å². The van der Waals surface area contributed by atoms with Crippen molar-refractivity contribution in [3.05, 3.63) is 34.4 Å². The summed E-state index contributed by atoms with van der Waals surface area (Å²) in [7, 11) is 7.14. The average molecular weight is 430 g/mol. The highest BCUT2D eigenvalue weighted by atomic mass is 16.5. The molecule has 1 aliphatic heterocycles. The Labute approximate surface area is 182 Å². The summed E-state index contributed by atoms with van der Waals surface area (Å²) in [5, 5.41) is 7.20. The standard InChI is InChI=1S/C21H31N7O3/c1-13-17(14(2)27(5)25-13)20(30)28-9-7-15(12-28)18-16(19(29)22-8-10-31-6)11-23-21(24-18)26(3)4/h11,15H,7-10,12H2,1-6H3,(H,22,29). The minimum absolute atomic E-state index is 0.0291. The van der Waals surface area contributed by atoms with Crippen LogP contribution in [0.25, 0.3) is 0 Å². The molecule has 3 heterocycles. The van der Waals surface area contributed by atoms with Crippen LogP contribution in [0.4, 0.5) is 5.95 Å². The Morgan fingerprint density at radius 2 is 2.06 bits per heavy atom. The second-order valence-corrected chi connectivity index (χ2v) is 8.02. The van der Waals surface area contributed by atoms with Gasteiger partial charge in [0.2, 0.25) is 5.95 Å². The fraction of sp³-hybridized carbons (Fsp3) is 0.571. The molecule has 1 N–H and O–H groups in total. The summed E-state index contributed by atoms with van der Waals surface area (Å²) in [4.78, 5) is 38.6. The van der Waals surface area contributed by atoms with Crippen molar-refractivity contribution in [3.63, 3.8) is 0 Å². The van der Waals surface area contributed by atoms with Gasteiger partial charge in [0.25, 0.3) is 11.8 Å². The van der Waals surface area contributed by atoms with Crippen molar-refractivity contribution in [3.8, 4) is 0 Å². The van der Waals surface area contributed by atoms with E-state index in [4.69, 9.17) is 4.74 Å². The van der Waals surface area contributed by atoms with E-state index in [0.717, 1.165) is 17.8 Å². The Balaban J connectivity index is 1.85. The summed E-state index contributed by atoms with van der Waals surface area (Å²) in [5.74, 6) is 0.220. The monoisotopic (exact) mass is 429 g/mol. The summed E-state index contributed by atoms with van der Waals surface area (Å²) in [6.45, 7) is 5.67. The first kappa shape index (κ1) is 22.7. The first-order chi connectivity index (χ1) is 14.7. The Morgan fingerprint density at radius 1 is 1.32 bits per heavy atom. The molecule has 2 aromatic rings. The van der Waals surface area contributed by atoms with Crippen LogP contribution < -0.4 is 10.2 Å². The van der Waals surface area contributed by atoms with E-state index in [1.54, 1.807) is 22.9 Å². The molecular formula is C21H31N7O3. The molecule has 0 bridgehead atoms. The maximum absolute atomic E-state index is 13.2. The lowest BCUT2D eigenvalue weighted by Crippen LogP contribution is -2.31. The van der Waals surface area contributed by atoms with Crippen molar-refractivity contribution in [2.45, 2.75) is 26.2 Å². The van der Waals surface area contributed by atoms with E-state index < -0.39 is 0 Å². The first-order valence-corrected chi connectivity index (χ1v) is 10.4. The van der Waals surface area contributed by atoms with Crippen molar-refractivity contribution < 1.29 is 14.3 Å². The van der Waals surface area contributed by atoms with E-state index in [1.807, 2.05) is 39.9 Å². The molecule has 2 aromatic heterocycles.